The molecule has 2 N–H and O–H groups in total. The zero-order chi connectivity index (χ0) is 22.6. The van der Waals surface area contributed by atoms with Crippen molar-refractivity contribution in [3.05, 3.63) is 47.2 Å². The van der Waals surface area contributed by atoms with Crippen molar-refractivity contribution in [1.82, 2.24) is 9.97 Å². The number of rotatable bonds is 6. The van der Waals surface area contributed by atoms with Crippen LogP contribution in [0.1, 0.15) is 56.7 Å². The fourth-order valence-corrected chi connectivity index (χ4v) is 3.98. The van der Waals surface area contributed by atoms with Crippen molar-refractivity contribution >= 4 is 11.8 Å². The van der Waals surface area contributed by atoms with Crippen LogP contribution >= 0.6 is 0 Å². The normalized spacial score (nSPS) is 20.7. The minimum absolute atomic E-state index is 0.210. The second-order valence-corrected chi connectivity index (χ2v) is 8.95. The summed E-state index contributed by atoms with van der Waals surface area (Å²) in [5, 5.41) is 15.9. The van der Waals surface area contributed by atoms with Crippen LogP contribution in [0.4, 0.5) is 24.9 Å². The van der Waals surface area contributed by atoms with Gasteiger partial charge in [-0.3, -0.25) is 0 Å². The molecule has 1 aliphatic rings. The van der Waals surface area contributed by atoms with Crippen molar-refractivity contribution in [3.8, 4) is 6.07 Å². The van der Waals surface area contributed by atoms with Crippen LogP contribution < -0.4 is 10.6 Å². The Morgan fingerprint density at radius 3 is 2.71 bits per heavy atom. The highest BCUT2D eigenvalue weighted by Gasteiger charge is 2.34. The molecule has 5 nitrogen and oxygen atoms in total. The third-order valence-electron chi connectivity index (χ3n) is 6.26. The van der Waals surface area contributed by atoms with Crippen molar-refractivity contribution in [3.63, 3.8) is 0 Å². The molecule has 0 radical (unpaired) electrons. The summed E-state index contributed by atoms with van der Waals surface area (Å²) in [7, 11) is 0. The van der Waals surface area contributed by atoms with E-state index in [-0.39, 0.29) is 11.5 Å². The molecule has 1 fully saturated rings. The highest BCUT2D eigenvalue weighted by atomic mass is 19.4. The standard InChI is InChI=1S/C23H28F3N5/c1-15-7-8-19(12-22(15,2)3)30-20-17(13-27)14-29-21(31-20)28-10-9-16-5-4-6-18(11-16)23(24,25)26/h4-6,11,14-15,19H,7-10,12H2,1-3H3,(H2,28,29,30,31)/t15-,19+/m0/s1. The highest BCUT2D eigenvalue weighted by molar-refractivity contribution is 5.54. The Hall–Kier alpha value is -2.82. The minimum Gasteiger partial charge on any atom is -0.366 e. The van der Waals surface area contributed by atoms with Gasteiger partial charge in [-0.1, -0.05) is 39.0 Å². The Kier molecular flexibility index (Phi) is 6.73. The number of anilines is 2. The first-order valence-electron chi connectivity index (χ1n) is 10.5. The van der Waals surface area contributed by atoms with Gasteiger partial charge in [0.05, 0.1) is 11.8 Å². The van der Waals surface area contributed by atoms with Gasteiger partial charge in [-0.15, -0.1) is 0 Å². The second kappa shape index (κ2) is 9.13. The van der Waals surface area contributed by atoms with Crippen molar-refractivity contribution in [2.75, 3.05) is 17.2 Å². The number of nitrogens with one attached hydrogen (secondary N) is 2. The summed E-state index contributed by atoms with van der Waals surface area (Å²) in [4.78, 5) is 8.62. The van der Waals surface area contributed by atoms with E-state index in [1.165, 1.54) is 12.3 Å². The fourth-order valence-electron chi connectivity index (χ4n) is 3.98. The van der Waals surface area contributed by atoms with Gasteiger partial charge in [0.15, 0.2) is 0 Å². The Balaban J connectivity index is 1.64. The molecule has 0 saturated heterocycles. The topological polar surface area (TPSA) is 73.6 Å². The maximum absolute atomic E-state index is 12.9. The van der Waals surface area contributed by atoms with Gasteiger partial charge in [0.25, 0.3) is 0 Å². The number of hydrogen-bond acceptors (Lipinski definition) is 5. The number of benzene rings is 1. The second-order valence-electron chi connectivity index (χ2n) is 8.95. The minimum atomic E-state index is -4.36. The lowest BCUT2D eigenvalue weighted by Crippen LogP contribution is -2.37. The molecule has 1 aliphatic carbocycles. The van der Waals surface area contributed by atoms with E-state index in [1.807, 2.05) is 0 Å². The zero-order valence-corrected chi connectivity index (χ0v) is 18.1. The van der Waals surface area contributed by atoms with Crippen molar-refractivity contribution in [2.24, 2.45) is 11.3 Å². The molecule has 1 heterocycles. The molecule has 1 saturated carbocycles. The van der Waals surface area contributed by atoms with E-state index in [2.05, 4.69) is 47.4 Å². The lowest BCUT2D eigenvalue weighted by Gasteiger charge is -2.41. The Morgan fingerprint density at radius 2 is 2.03 bits per heavy atom. The Labute approximate surface area is 181 Å². The number of nitrogens with zero attached hydrogens (tertiary/aromatic N) is 3. The third kappa shape index (κ3) is 5.87. The van der Waals surface area contributed by atoms with Crippen LogP contribution in [0, 0.1) is 22.7 Å². The van der Waals surface area contributed by atoms with E-state index in [0.717, 1.165) is 31.4 Å². The van der Waals surface area contributed by atoms with Crippen molar-refractivity contribution in [1.29, 1.82) is 5.26 Å². The lowest BCUT2D eigenvalue weighted by molar-refractivity contribution is -0.137. The van der Waals surface area contributed by atoms with E-state index >= 15 is 0 Å². The Morgan fingerprint density at radius 1 is 1.26 bits per heavy atom. The number of aromatic nitrogens is 2. The van der Waals surface area contributed by atoms with Gasteiger partial charge < -0.3 is 10.6 Å². The number of hydrogen-bond donors (Lipinski definition) is 2. The van der Waals surface area contributed by atoms with E-state index in [9.17, 15) is 18.4 Å². The number of halogens is 3. The molecule has 0 unspecified atom stereocenters. The quantitative estimate of drug-likeness (QED) is 0.618. The lowest BCUT2D eigenvalue weighted by atomic mass is 9.68. The van der Waals surface area contributed by atoms with Crippen molar-refractivity contribution < 1.29 is 13.2 Å². The van der Waals surface area contributed by atoms with E-state index < -0.39 is 11.7 Å². The van der Waals surface area contributed by atoms with Crippen LogP contribution in [0.3, 0.4) is 0 Å². The molecule has 1 aromatic heterocycles. The molecule has 0 spiro atoms. The average molecular weight is 432 g/mol. The Bertz CT molecular complexity index is 949. The van der Waals surface area contributed by atoms with Gasteiger partial charge in [-0.2, -0.15) is 23.4 Å². The maximum atomic E-state index is 12.9. The molecule has 8 heteroatoms. The molecule has 3 rings (SSSR count). The SMILES string of the molecule is C[C@H]1CC[C@@H](Nc2nc(NCCc3cccc(C(F)(F)F)c3)ncc2C#N)CC1(C)C. The van der Waals surface area contributed by atoms with Gasteiger partial charge in [0.2, 0.25) is 5.95 Å². The van der Waals surface area contributed by atoms with Crippen LogP contribution in [0.25, 0.3) is 0 Å². The maximum Gasteiger partial charge on any atom is 0.416 e. The summed E-state index contributed by atoms with van der Waals surface area (Å²) in [5.74, 6) is 1.48. The molecule has 166 valence electrons. The third-order valence-corrected chi connectivity index (χ3v) is 6.26. The van der Waals surface area contributed by atoms with Crippen LogP contribution in [-0.4, -0.2) is 22.6 Å². The van der Waals surface area contributed by atoms with Gasteiger partial charge in [-0.05, 0) is 48.6 Å². The number of nitriles is 1. The van der Waals surface area contributed by atoms with Gasteiger partial charge in [0, 0.05) is 12.6 Å². The summed E-state index contributed by atoms with van der Waals surface area (Å²) < 4.78 is 38.6. The first kappa shape index (κ1) is 22.9. The summed E-state index contributed by atoms with van der Waals surface area (Å²) >= 11 is 0. The summed E-state index contributed by atoms with van der Waals surface area (Å²) in [5.41, 5.74) is 0.505. The van der Waals surface area contributed by atoms with Gasteiger partial charge in [-0.25, -0.2) is 4.98 Å². The first-order chi connectivity index (χ1) is 14.6. The van der Waals surface area contributed by atoms with E-state index in [0.29, 0.717) is 41.8 Å². The van der Waals surface area contributed by atoms with Crippen LogP contribution in [0.15, 0.2) is 30.5 Å². The predicted molar refractivity (Wildman–Crippen MR) is 115 cm³/mol. The molecular formula is C23H28F3N5. The fraction of sp³-hybridized carbons (Fsp3) is 0.522. The molecular weight excluding hydrogens is 403 g/mol. The molecule has 2 atom stereocenters. The smallest absolute Gasteiger partial charge is 0.366 e. The van der Waals surface area contributed by atoms with Crippen LogP contribution in [0.2, 0.25) is 0 Å². The predicted octanol–water partition coefficient (Wildman–Crippen LogP) is 5.65. The zero-order valence-electron chi connectivity index (χ0n) is 18.1. The van der Waals surface area contributed by atoms with Crippen LogP contribution in [-0.2, 0) is 12.6 Å². The van der Waals surface area contributed by atoms with E-state index in [1.54, 1.807) is 6.07 Å². The largest absolute Gasteiger partial charge is 0.416 e. The van der Waals surface area contributed by atoms with E-state index in [4.69, 9.17) is 0 Å². The molecule has 31 heavy (non-hydrogen) atoms. The monoisotopic (exact) mass is 431 g/mol. The number of alkyl halides is 3. The summed E-state index contributed by atoms with van der Waals surface area (Å²) in [6.45, 7) is 7.17. The highest BCUT2D eigenvalue weighted by Crippen LogP contribution is 2.41. The summed E-state index contributed by atoms with van der Waals surface area (Å²) in [6.07, 6.45) is 0.619. The summed E-state index contributed by atoms with van der Waals surface area (Å²) in [6, 6.07) is 7.63. The molecule has 0 amide bonds. The molecule has 0 bridgehead atoms. The molecule has 0 aliphatic heterocycles. The molecule has 2 aromatic rings. The average Bonchev–Trinajstić information content (AvgIpc) is 2.70. The van der Waals surface area contributed by atoms with Gasteiger partial charge >= 0.3 is 6.18 Å². The first-order valence-corrected chi connectivity index (χ1v) is 10.5. The molecule has 1 aromatic carbocycles. The van der Waals surface area contributed by atoms with Gasteiger partial charge in [0.1, 0.15) is 17.5 Å². The van der Waals surface area contributed by atoms with Crippen molar-refractivity contribution in [2.45, 2.75) is 58.7 Å². The van der Waals surface area contributed by atoms with Crippen LogP contribution in [0.5, 0.6) is 0 Å².